The van der Waals surface area contributed by atoms with Crippen molar-refractivity contribution >= 4 is 0 Å². The fourth-order valence-corrected chi connectivity index (χ4v) is 4.19. The van der Waals surface area contributed by atoms with E-state index in [2.05, 4.69) is 19.1 Å². The number of aliphatic hydroxyl groups is 3. The zero-order valence-corrected chi connectivity index (χ0v) is 20.1. The molecule has 0 bridgehead atoms. The van der Waals surface area contributed by atoms with Crippen LogP contribution in [-0.2, 0) is 9.47 Å². The Kier molecular flexibility index (Phi) is 18.6. The summed E-state index contributed by atoms with van der Waals surface area (Å²) >= 11 is 0. The summed E-state index contributed by atoms with van der Waals surface area (Å²) in [4.78, 5) is 0. The lowest BCUT2D eigenvalue weighted by molar-refractivity contribution is -0.0813. The van der Waals surface area contributed by atoms with Crippen LogP contribution < -0.4 is 0 Å². The Labute approximate surface area is 191 Å². The first kappa shape index (κ1) is 28.6. The lowest BCUT2D eigenvalue weighted by Crippen LogP contribution is -2.40. The maximum atomic E-state index is 9.97. The van der Waals surface area contributed by atoms with Crippen LogP contribution in [0.3, 0.4) is 0 Å². The molecule has 5 heteroatoms. The van der Waals surface area contributed by atoms with Crippen molar-refractivity contribution in [1.29, 1.82) is 0 Å². The van der Waals surface area contributed by atoms with Gasteiger partial charge in [-0.1, -0.05) is 95.6 Å². The predicted octanol–water partition coefficient (Wildman–Crippen LogP) is 5.30. The fraction of sp³-hybridized carbons (Fsp3) is 0.923. The largest absolute Gasteiger partial charge is 0.388 e. The second-order valence-electron chi connectivity index (χ2n) is 9.16. The van der Waals surface area contributed by atoms with Crippen LogP contribution in [0.5, 0.6) is 0 Å². The van der Waals surface area contributed by atoms with Crippen molar-refractivity contribution in [2.45, 2.75) is 134 Å². The predicted molar refractivity (Wildman–Crippen MR) is 127 cm³/mol. The molecule has 31 heavy (non-hydrogen) atoms. The van der Waals surface area contributed by atoms with Crippen molar-refractivity contribution < 1.29 is 24.8 Å². The standard InChI is InChI=1S/C26H50O5/c1-2-3-4-5-6-7-8-9-10-11-12-13-14-15-16-17-18-19-20-30-21-24(28)26-25(29)23(27)22-31-26/h2-3,23-29H,4-22H2,1H3/b3-2+/t23-,24+,25+,26+/m0/s1. The van der Waals surface area contributed by atoms with Crippen molar-refractivity contribution in [2.75, 3.05) is 19.8 Å². The first-order valence-electron chi connectivity index (χ1n) is 13.0. The van der Waals surface area contributed by atoms with Crippen LogP contribution in [0.25, 0.3) is 0 Å². The minimum atomic E-state index is -1.03. The third-order valence-corrected chi connectivity index (χ3v) is 6.25. The van der Waals surface area contributed by atoms with Crippen molar-refractivity contribution in [1.82, 2.24) is 0 Å². The van der Waals surface area contributed by atoms with Crippen molar-refractivity contribution in [2.24, 2.45) is 0 Å². The van der Waals surface area contributed by atoms with E-state index >= 15 is 0 Å². The van der Waals surface area contributed by atoms with Gasteiger partial charge in [0.1, 0.15) is 24.4 Å². The Morgan fingerprint density at radius 1 is 0.806 bits per heavy atom. The molecule has 1 aliphatic heterocycles. The molecule has 4 atom stereocenters. The lowest BCUT2D eigenvalue weighted by Gasteiger charge is -2.20. The van der Waals surface area contributed by atoms with E-state index in [1.807, 2.05) is 0 Å². The molecule has 0 spiro atoms. The van der Waals surface area contributed by atoms with Gasteiger partial charge in [0.05, 0.1) is 13.2 Å². The van der Waals surface area contributed by atoms with Gasteiger partial charge in [-0.05, 0) is 26.2 Å². The highest BCUT2D eigenvalue weighted by Gasteiger charge is 2.39. The molecule has 0 aromatic heterocycles. The minimum Gasteiger partial charge on any atom is -0.388 e. The summed E-state index contributed by atoms with van der Waals surface area (Å²) in [5.74, 6) is 0. The monoisotopic (exact) mass is 442 g/mol. The first-order valence-corrected chi connectivity index (χ1v) is 13.0. The molecule has 0 radical (unpaired) electrons. The van der Waals surface area contributed by atoms with Crippen molar-refractivity contribution in [3.05, 3.63) is 12.2 Å². The Balaban J connectivity index is 1.73. The van der Waals surface area contributed by atoms with Gasteiger partial charge in [0.15, 0.2) is 0 Å². The summed E-state index contributed by atoms with van der Waals surface area (Å²) in [6.45, 7) is 2.94. The van der Waals surface area contributed by atoms with Gasteiger partial charge in [0.2, 0.25) is 0 Å². The highest BCUT2D eigenvalue weighted by molar-refractivity contribution is 4.87. The summed E-state index contributed by atoms with van der Waals surface area (Å²) in [6, 6.07) is 0. The Morgan fingerprint density at radius 3 is 1.74 bits per heavy atom. The molecule has 1 heterocycles. The summed E-state index contributed by atoms with van der Waals surface area (Å²) in [6.07, 6.45) is 22.1. The molecule has 0 unspecified atom stereocenters. The van der Waals surface area contributed by atoms with Gasteiger partial charge in [0.25, 0.3) is 0 Å². The van der Waals surface area contributed by atoms with Gasteiger partial charge in [-0.3, -0.25) is 0 Å². The van der Waals surface area contributed by atoms with Crippen LogP contribution in [0.4, 0.5) is 0 Å². The molecule has 3 N–H and O–H groups in total. The number of rotatable bonds is 21. The SMILES string of the molecule is C/C=C/CCCCCCCCCCCCCCCCCOC[C@@H](O)[C@H]1OC[C@H](O)[C@H]1O. The molecule has 1 fully saturated rings. The molecule has 1 rings (SSSR count). The Bertz CT molecular complexity index is 415. The summed E-state index contributed by atoms with van der Waals surface area (Å²) in [5.41, 5.74) is 0. The normalized spacial score (nSPS) is 22.5. The van der Waals surface area contributed by atoms with E-state index in [1.165, 1.54) is 89.9 Å². The highest BCUT2D eigenvalue weighted by atomic mass is 16.5. The van der Waals surface area contributed by atoms with E-state index in [0.717, 1.165) is 12.8 Å². The Hall–Kier alpha value is -0.460. The average molecular weight is 443 g/mol. The van der Waals surface area contributed by atoms with Crippen molar-refractivity contribution in [3.63, 3.8) is 0 Å². The molecule has 0 aliphatic carbocycles. The third kappa shape index (κ3) is 15.1. The van der Waals surface area contributed by atoms with Crippen LogP contribution in [-0.4, -0.2) is 59.6 Å². The van der Waals surface area contributed by atoms with Gasteiger partial charge in [0, 0.05) is 6.61 Å². The van der Waals surface area contributed by atoms with Crippen molar-refractivity contribution in [3.8, 4) is 0 Å². The number of unbranched alkanes of at least 4 members (excludes halogenated alkanes) is 15. The first-order chi connectivity index (χ1) is 15.2. The number of allylic oxidation sites excluding steroid dienone is 2. The lowest BCUT2D eigenvalue weighted by atomic mass is 10.0. The summed E-state index contributed by atoms with van der Waals surface area (Å²) < 4.78 is 10.7. The molecule has 0 aromatic rings. The molecule has 1 saturated heterocycles. The molecule has 5 nitrogen and oxygen atoms in total. The van der Waals surface area contributed by atoms with Crippen LogP contribution in [0.15, 0.2) is 12.2 Å². The third-order valence-electron chi connectivity index (χ3n) is 6.25. The maximum absolute atomic E-state index is 9.97. The second-order valence-corrected chi connectivity index (χ2v) is 9.16. The van der Waals surface area contributed by atoms with E-state index in [9.17, 15) is 15.3 Å². The quantitative estimate of drug-likeness (QED) is 0.166. The number of aliphatic hydroxyl groups excluding tert-OH is 3. The van der Waals surface area contributed by atoms with Crippen LogP contribution >= 0.6 is 0 Å². The smallest absolute Gasteiger partial charge is 0.114 e. The topological polar surface area (TPSA) is 79.2 Å². The molecular weight excluding hydrogens is 392 g/mol. The zero-order valence-electron chi connectivity index (χ0n) is 20.1. The molecular formula is C26H50O5. The van der Waals surface area contributed by atoms with Gasteiger partial charge < -0.3 is 24.8 Å². The van der Waals surface area contributed by atoms with E-state index in [-0.39, 0.29) is 13.2 Å². The van der Waals surface area contributed by atoms with Gasteiger partial charge >= 0.3 is 0 Å². The summed E-state index contributed by atoms with van der Waals surface area (Å²) in [7, 11) is 0. The minimum absolute atomic E-state index is 0.0699. The van der Waals surface area contributed by atoms with E-state index in [0.29, 0.717) is 6.61 Å². The van der Waals surface area contributed by atoms with Gasteiger partial charge in [-0.15, -0.1) is 0 Å². The highest BCUT2D eigenvalue weighted by Crippen LogP contribution is 2.18. The second kappa shape index (κ2) is 20.2. The van der Waals surface area contributed by atoms with Gasteiger partial charge in [-0.25, -0.2) is 0 Å². The number of hydrogen-bond donors (Lipinski definition) is 3. The zero-order chi connectivity index (χ0) is 22.6. The van der Waals surface area contributed by atoms with Crippen LogP contribution in [0, 0.1) is 0 Å². The number of hydrogen-bond acceptors (Lipinski definition) is 5. The summed E-state index contributed by atoms with van der Waals surface area (Å²) in [5, 5.41) is 29.1. The van der Waals surface area contributed by atoms with Crippen LogP contribution in [0.2, 0.25) is 0 Å². The number of ether oxygens (including phenoxy) is 2. The molecule has 1 aliphatic rings. The van der Waals surface area contributed by atoms with Gasteiger partial charge in [-0.2, -0.15) is 0 Å². The molecule has 184 valence electrons. The molecule has 0 aromatic carbocycles. The van der Waals surface area contributed by atoms with E-state index in [4.69, 9.17) is 9.47 Å². The van der Waals surface area contributed by atoms with E-state index < -0.39 is 24.4 Å². The van der Waals surface area contributed by atoms with Crippen LogP contribution in [0.1, 0.15) is 110 Å². The Morgan fingerprint density at radius 2 is 1.29 bits per heavy atom. The molecule has 0 amide bonds. The average Bonchev–Trinajstić information content (AvgIpc) is 3.10. The maximum Gasteiger partial charge on any atom is 0.114 e. The van der Waals surface area contributed by atoms with E-state index in [1.54, 1.807) is 0 Å². The fourth-order valence-electron chi connectivity index (χ4n) is 4.19. The molecule has 0 saturated carbocycles.